The van der Waals surface area contributed by atoms with Gasteiger partial charge in [-0.2, -0.15) is 0 Å². The van der Waals surface area contributed by atoms with Crippen molar-refractivity contribution < 1.29 is 19.1 Å². The highest BCUT2D eigenvalue weighted by atomic mass is 35.5. The maximum atomic E-state index is 13.0. The van der Waals surface area contributed by atoms with Gasteiger partial charge in [-0.1, -0.05) is 42.8 Å². The minimum atomic E-state index is -0.658. The van der Waals surface area contributed by atoms with Crippen LogP contribution in [0.5, 0.6) is 11.5 Å². The van der Waals surface area contributed by atoms with E-state index in [0.717, 1.165) is 12.0 Å². The van der Waals surface area contributed by atoms with Crippen molar-refractivity contribution in [1.82, 2.24) is 10.2 Å². The first kappa shape index (κ1) is 22.6. The fourth-order valence-electron chi connectivity index (χ4n) is 2.77. The van der Waals surface area contributed by atoms with Gasteiger partial charge in [-0.05, 0) is 43.2 Å². The van der Waals surface area contributed by atoms with Crippen molar-refractivity contribution in [1.29, 1.82) is 0 Å². The van der Waals surface area contributed by atoms with Gasteiger partial charge in [-0.3, -0.25) is 9.59 Å². The fraction of sp³-hybridized carbons (Fsp3) is 0.364. The highest BCUT2D eigenvalue weighted by Gasteiger charge is 2.26. The van der Waals surface area contributed by atoms with Crippen LogP contribution in [0.3, 0.4) is 0 Å². The summed E-state index contributed by atoms with van der Waals surface area (Å²) in [5, 5.41) is 3.41. The molecule has 2 aromatic carbocycles. The Bertz CT molecular complexity index is 828. The summed E-state index contributed by atoms with van der Waals surface area (Å²) < 4.78 is 10.9. The number of hydrogen-bond acceptors (Lipinski definition) is 4. The van der Waals surface area contributed by atoms with Crippen molar-refractivity contribution in [3.63, 3.8) is 0 Å². The zero-order valence-electron chi connectivity index (χ0n) is 17.0. The number of ether oxygens (including phenoxy) is 2. The lowest BCUT2D eigenvalue weighted by Gasteiger charge is -2.29. The molecule has 7 heteroatoms. The molecule has 0 fully saturated rings. The first-order valence-electron chi connectivity index (χ1n) is 9.53. The van der Waals surface area contributed by atoms with E-state index in [1.54, 1.807) is 37.3 Å². The number of rotatable bonds is 10. The van der Waals surface area contributed by atoms with E-state index in [-0.39, 0.29) is 25.0 Å². The number of nitrogens with zero attached hydrogens (tertiary/aromatic N) is 1. The summed E-state index contributed by atoms with van der Waals surface area (Å²) in [5.41, 5.74) is 0.832. The van der Waals surface area contributed by atoms with Crippen molar-refractivity contribution in [2.75, 3.05) is 20.3 Å². The van der Waals surface area contributed by atoms with Gasteiger partial charge < -0.3 is 19.7 Å². The first-order valence-corrected chi connectivity index (χ1v) is 9.91. The number of hydrogen-bond donors (Lipinski definition) is 1. The molecular weight excluding hydrogens is 392 g/mol. The molecule has 1 atom stereocenters. The molecule has 2 rings (SSSR count). The molecule has 29 heavy (non-hydrogen) atoms. The molecule has 0 aliphatic rings. The van der Waals surface area contributed by atoms with E-state index in [1.807, 2.05) is 25.1 Å². The second-order valence-corrected chi connectivity index (χ2v) is 6.99. The normalized spacial score (nSPS) is 11.4. The maximum absolute atomic E-state index is 13.0. The largest absolute Gasteiger partial charge is 0.493 e. The van der Waals surface area contributed by atoms with Crippen LogP contribution in [0.15, 0.2) is 48.5 Å². The predicted octanol–water partition coefficient (Wildman–Crippen LogP) is 3.67. The van der Waals surface area contributed by atoms with Crippen LogP contribution in [0.2, 0.25) is 5.02 Å². The van der Waals surface area contributed by atoms with Gasteiger partial charge in [0.2, 0.25) is 5.91 Å². The smallest absolute Gasteiger partial charge is 0.261 e. The standard InChI is InChI=1S/C22H27ClN2O4/c1-4-12-24-22(27)16(2)25(14-17-8-7-9-18(23)13-17)21(26)15-29-20-11-6-5-10-19(20)28-3/h5-11,13,16H,4,12,14-15H2,1-3H3,(H,24,27)/t16-/m0/s1. The third kappa shape index (κ3) is 6.68. The number of carbonyl (C=O) groups is 2. The van der Waals surface area contributed by atoms with E-state index in [0.29, 0.717) is 23.1 Å². The monoisotopic (exact) mass is 418 g/mol. The molecule has 0 radical (unpaired) electrons. The Balaban J connectivity index is 2.16. The zero-order chi connectivity index (χ0) is 21.2. The van der Waals surface area contributed by atoms with Crippen molar-refractivity contribution in [2.24, 2.45) is 0 Å². The lowest BCUT2D eigenvalue weighted by atomic mass is 10.1. The summed E-state index contributed by atoms with van der Waals surface area (Å²) in [6, 6.07) is 13.7. The summed E-state index contributed by atoms with van der Waals surface area (Å²) in [6.07, 6.45) is 0.817. The average molecular weight is 419 g/mol. The zero-order valence-corrected chi connectivity index (χ0v) is 17.7. The summed E-state index contributed by atoms with van der Waals surface area (Å²) in [5.74, 6) is 0.485. The first-order chi connectivity index (χ1) is 14.0. The van der Waals surface area contributed by atoms with Gasteiger partial charge >= 0.3 is 0 Å². The highest BCUT2D eigenvalue weighted by molar-refractivity contribution is 6.30. The third-order valence-electron chi connectivity index (χ3n) is 4.38. The van der Waals surface area contributed by atoms with Crippen molar-refractivity contribution >= 4 is 23.4 Å². The molecule has 0 saturated heterocycles. The Hall–Kier alpha value is -2.73. The molecule has 1 N–H and O–H groups in total. The van der Waals surface area contributed by atoms with E-state index < -0.39 is 6.04 Å². The Morgan fingerprint density at radius 3 is 2.52 bits per heavy atom. The second kappa shape index (κ2) is 11.3. The molecule has 0 heterocycles. The van der Waals surface area contributed by atoms with Crippen LogP contribution in [-0.2, 0) is 16.1 Å². The highest BCUT2D eigenvalue weighted by Crippen LogP contribution is 2.26. The van der Waals surface area contributed by atoms with Gasteiger partial charge in [-0.25, -0.2) is 0 Å². The van der Waals surface area contributed by atoms with Gasteiger partial charge in [0.05, 0.1) is 7.11 Å². The quantitative estimate of drug-likeness (QED) is 0.639. The SMILES string of the molecule is CCCNC(=O)[C@H](C)N(Cc1cccc(Cl)c1)C(=O)COc1ccccc1OC. The molecule has 0 bridgehead atoms. The van der Waals surface area contributed by atoms with Crippen molar-refractivity contribution in [3.8, 4) is 11.5 Å². The number of nitrogens with one attached hydrogen (secondary N) is 1. The molecule has 156 valence electrons. The van der Waals surface area contributed by atoms with E-state index in [9.17, 15) is 9.59 Å². The van der Waals surface area contributed by atoms with Gasteiger partial charge in [-0.15, -0.1) is 0 Å². The number of para-hydroxylation sites is 2. The van der Waals surface area contributed by atoms with Crippen molar-refractivity contribution in [3.05, 3.63) is 59.1 Å². The van der Waals surface area contributed by atoms with Crippen LogP contribution in [0.25, 0.3) is 0 Å². The summed E-state index contributed by atoms with van der Waals surface area (Å²) in [7, 11) is 1.54. The summed E-state index contributed by atoms with van der Waals surface area (Å²) in [4.78, 5) is 27.0. The Morgan fingerprint density at radius 1 is 1.14 bits per heavy atom. The molecule has 0 saturated carbocycles. The third-order valence-corrected chi connectivity index (χ3v) is 4.61. The number of amides is 2. The summed E-state index contributed by atoms with van der Waals surface area (Å²) >= 11 is 6.07. The minimum Gasteiger partial charge on any atom is -0.493 e. The van der Waals surface area contributed by atoms with E-state index >= 15 is 0 Å². The lowest BCUT2D eigenvalue weighted by Crippen LogP contribution is -2.49. The van der Waals surface area contributed by atoms with Gasteiger partial charge in [0.15, 0.2) is 18.1 Å². The number of methoxy groups -OCH3 is 1. The van der Waals surface area contributed by atoms with E-state index in [1.165, 1.54) is 12.0 Å². The van der Waals surface area contributed by atoms with Crippen LogP contribution < -0.4 is 14.8 Å². The van der Waals surface area contributed by atoms with Gasteiger partial charge in [0, 0.05) is 18.1 Å². The van der Waals surface area contributed by atoms with Crippen LogP contribution in [0, 0.1) is 0 Å². The van der Waals surface area contributed by atoms with Crippen LogP contribution in [0.1, 0.15) is 25.8 Å². The number of halogens is 1. The minimum absolute atomic E-state index is 0.209. The van der Waals surface area contributed by atoms with Gasteiger partial charge in [0.25, 0.3) is 5.91 Å². The number of benzene rings is 2. The molecule has 2 aromatic rings. The molecule has 6 nitrogen and oxygen atoms in total. The Labute approximate surface area is 176 Å². The molecule has 0 unspecified atom stereocenters. The molecule has 0 aromatic heterocycles. The predicted molar refractivity (Wildman–Crippen MR) is 113 cm³/mol. The molecule has 0 spiro atoms. The van der Waals surface area contributed by atoms with Crippen LogP contribution >= 0.6 is 11.6 Å². The second-order valence-electron chi connectivity index (χ2n) is 6.56. The van der Waals surface area contributed by atoms with Crippen molar-refractivity contribution in [2.45, 2.75) is 32.9 Å². The molecular formula is C22H27ClN2O4. The Morgan fingerprint density at radius 2 is 1.86 bits per heavy atom. The molecule has 0 aliphatic carbocycles. The fourth-order valence-corrected chi connectivity index (χ4v) is 2.98. The van der Waals surface area contributed by atoms with Gasteiger partial charge in [0.1, 0.15) is 6.04 Å². The Kier molecular flexibility index (Phi) is 8.80. The molecule has 0 aliphatic heterocycles. The average Bonchev–Trinajstić information content (AvgIpc) is 2.73. The molecule has 2 amide bonds. The van der Waals surface area contributed by atoms with Crippen LogP contribution in [-0.4, -0.2) is 43.0 Å². The maximum Gasteiger partial charge on any atom is 0.261 e. The lowest BCUT2D eigenvalue weighted by molar-refractivity contribution is -0.142. The van der Waals surface area contributed by atoms with E-state index in [2.05, 4.69) is 5.32 Å². The van der Waals surface area contributed by atoms with E-state index in [4.69, 9.17) is 21.1 Å². The number of carbonyl (C=O) groups excluding carboxylic acids is 2. The topological polar surface area (TPSA) is 67.9 Å². The summed E-state index contributed by atoms with van der Waals surface area (Å²) in [6.45, 7) is 4.26. The van der Waals surface area contributed by atoms with Crippen LogP contribution in [0.4, 0.5) is 0 Å².